The van der Waals surface area contributed by atoms with Crippen molar-refractivity contribution in [3.8, 4) is 5.69 Å². The van der Waals surface area contributed by atoms with Crippen molar-refractivity contribution < 1.29 is 18.0 Å². The molecule has 0 fully saturated rings. The number of benzene rings is 2. The van der Waals surface area contributed by atoms with Gasteiger partial charge in [0.15, 0.2) is 0 Å². The van der Waals surface area contributed by atoms with Crippen LogP contribution in [-0.2, 0) is 11.0 Å². The number of amides is 1. The van der Waals surface area contributed by atoms with Crippen LogP contribution >= 0.6 is 11.8 Å². The van der Waals surface area contributed by atoms with E-state index in [-0.39, 0.29) is 11.4 Å². The first-order chi connectivity index (χ1) is 12.8. The van der Waals surface area contributed by atoms with Gasteiger partial charge in [-0.3, -0.25) is 4.79 Å². The molecule has 6 nitrogen and oxygen atoms in total. The van der Waals surface area contributed by atoms with Gasteiger partial charge in [0.25, 0.3) is 0 Å². The molecule has 27 heavy (non-hydrogen) atoms. The van der Waals surface area contributed by atoms with Crippen LogP contribution in [0.2, 0.25) is 0 Å². The smallest absolute Gasteiger partial charge is 0.325 e. The Bertz CT molecular complexity index is 940. The second-order valence-corrected chi connectivity index (χ2v) is 6.57. The lowest BCUT2D eigenvalue weighted by Gasteiger charge is -2.09. The predicted molar refractivity (Wildman–Crippen MR) is 94.7 cm³/mol. The Morgan fingerprint density at radius 2 is 1.93 bits per heavy atom. The summed E-state index contributed by atoms with van der Waals surface area (Å²) < 4.78 is 39.7. The highest BCUT2D eigenvalue weighted by Crippen LogP contribution is 2.30. The third-order valence-corrected chi connectivity index (χ3v) is 4.44. The molecule has 2 aromatic carbocycles. The summed E-state index contributed by atoms with van der Waals surface area (Å²) >= 11 is 1.08. The van der Waals surface area contributed by atoms with Crippen molar-refractivity contribution in [2.75, 3.05) is 11.1 Å². The Morgan fingerprint density at radius 3 is 2.63 bits per heavy atom. The minimum atomic E-state index is -4.47. The zero-order valence-electron chi connectivity index (χ0n) is 14.1. The number of aromatic nitrogens is 4. The first-order valence-corrected chi connectivity index (χ1v) is 8.77. The van der Waals surface area contributed by atoms with Crippen molar-refractivity contribution >= 4 is 23.4 Å². The van der Waals surface area contributed by atoms with Gasteiger partial charge in [0, 0.05) is 5.69 Å². The number of hydrogen-bond acceptors (Lipinski definition) is 5. The van der Waals surface area contributed by atoms with Crippen molar-refractivity contribution in [2.45, 2.75) is 18.3 Å². The van der Waals surface area contributed by atoms with Crippen molar-refractivity contribution in [3.05, 3.63) is 59.7 Å². The molecular weight excluding hydrogens is 379 g/mol. The monoisotopic (exact) mass is 393 g/mol. The minimum Gasteiger partial charge on any atom is -0.325 e. The molecule has 0 saturated carbocycles. The topological polar surface area (TPSA) is 72.7 Å². The zero-order chi connectivity index (χ0) is 19.4. The van der Waals surface area contributed by atoms with Gasteiger partial charge in [0.1, 0.15) is 0 Å². The van der Waals surface area contributed by atoms with Gasteiger partial charge in [-0.25, -0.2) is 0 Å². The third kappa shape index (κ3) is 4.85. The lowest BCUT2D eigenvalue weighted by atomic mass is 10.2. The molecule has 1 amide bonds. The lowest BCUT2D eigenvalue weighted by Crippen LogP contribution is -2.15. The fourth-order valence-corrected chi connectivity index (χ4v) is 2.91. The number of nitrogens with zero attached hydrogens (tertiary/aromatic N) is 4. The van der Waals surface area contributed by atoms with Crippen molar-refractivity contribution in [1.82, 2.24) is 20.2 Å². The molecule has 0 radical (unpaired) electrons. The molecule has 0 saturated heterocycles. The highest BCUT2D eigenvalue weighted by Gasteiger charge is 2.30. The van der Waals surface area contributed by atoms with E-state index in [1.807, 2.05) is 31.2 Å². The van der Waals surface area contributed by atoms with Crippen LogP contribution in [0.15, 0.2) is 53.7 Å². The highest BCUT2D eigenvalue weighted by molar-refractivity contribution is 7.99. The third-order valence-electron chi connectivity index (χ3n) is 3.53. The van der Waals surface area contributed by atoms with Crippen LogP contribution in [0.25, 0.3) is 5.69 Å². The van der Waals surface area contributed by atoms with Crippen molar-refractivity contribution in [1.29, 1.82) is 0 Å². The quantitative estimate of drug-likeness (QED) is 0.669. The van der Waals surface area contributed by atoms with Crippen LogP contribution in [-0.4, -0.2) is 31.9 Å². The summed E-state index contributed by atoms with van der Waals surface area (Å²) in [5.74, 6) is -0.513. The van der Waals surface area contributed by atoms with E-state index in [0.29, 0.717) is 5.16 Å². The lowest BCUT2D eigenvalue weighted by molar-refractivity contribution is -0.137. The Hall–Kier alpha value is -2.88. The minimum absolute atomic E-state index is 0.0531. The van der Waals surface area contributed by atoms with E-state index >= 15 is 0 Å². The average Bonchev–Trinajstić information content (AvgIpc) is 3.09. The summed E-state index contributed by atoms with van der Waals surface area (Å²) in [6.07, 6.45) is -4.47. The van der Waals surface area contributed by atoms with Crippen LogP contribution in [0.1, 0.15) is 11.1 Å². The molecule has 0 aliphatic rings. The van der Waals surface area contributed by atoms with E-state index in [9.17, 15) is 18.0 Å². The molecule has 1 heterocycles. The Labute approximate surface area is 156 Å². The van der Waals surface area contributed by atoms with E-state index in [1.165, 1.54) is 16.8 Å². The van der Waals surface area contributed by atoms with Gasteiger partial charge in [-0.2, -0.15) is 17.9 Å². The summed E-state index contributed by atoms with van der Waals surface area (Å²) in [5.41, 5.74) is 1.08. The number of rotatable bonds is 5. The Morgan fingerprint density at radius 1 is 1.19 bits per heavy atom. The average molecular weight is 393 g/mol. The highest BCUT2D eigenvalue weighted by atomic mass is 32.2. The molecule has 3 rings (SSSR count). The SMILES string of the molecule is Cc1ccc(-n2nnnc2SCC(=O)Nc2cccc(C(F)(F)F)c2)cc1. The second-order valence-electron chi connectivity index (χ2n) is 5.62. The number of hydrogen-bond donors (Lipinski definition) is 1. The van der Waals surface area contributed by atoms with E-state index in [0.717, 1.165) is 35.1 Å². The molecule has 0 bridgehead atoms. The summed E-state index contributed by atoms with van der Waals surface area (Å²) in [5, 5.41) is 14.2. The number of carbonyl (C=O) groups excluding carboxylic acids is 1. The fraction of sp³-hybridized carbons (Fsp3) is 0.176. The van der Waals surface area contributed by atoms with Gasteiger partial charge < -0.3 is 5.32 Å². The number of aryl methyl sites for hydroxylation is 1. The van der Waals surface area contributed by atoms with Gasteiger partial charge in [-0.05, 0) is 47.7 Å². The Kier molecular flexibility index (Phi) is 5.45. The van der Waals surface area contributed by atoms with Gasteiger partial charge in [-0.1, -0.05) is 35.5 Å². The van der Waals surface area contributed by atoms with E-state index in [1.54, 1.807) is 0 Å². The molecule has 1 N–H and O–H groups in total. The molecule has 0 spiro atoms. The second kappa shape index (κ2) is 7.78. The number of alkyl halides is 3. The molecular formula is C17H14F3N5OS. The normalized spacial score (nSPS) is 11.4. The van der Waals surface area contributed by atoms with Crippen LogP contribution in [0.5, 0.6) is 0 Å². The maximum atomic E-state index is 12.7. The first-order valence-electron chi connectivity index (χ1n) is 7.78. The van der Waals surface area contributed by atoms with E-state index in [2.05, 4.69) is 20.8 Å². The zero-order valence-corrected chi connectivity index (χ0v) is 14.9. The van der Waals surface area contributed by atoms with Gasteiger partial charge in [-0.15, -0.1) is 5.10 Å². The molecule has 0 atom stereocenters. The van der Waals surface area contributed by atoms with Gasteiger partial charge in [0.2, 0.25) is 11.1 Å². The number of halogens is 3. The molecule has 0 unspecified atom stereocenters. The number of carbonyl (C=O) groups is 1. The van der Waals surface area contributed by atoms with Crippen molar-refractivity contribution in [3.63, 3.8) is 0 Å². The summed E-state index contributed by atoms with van der Waals surface area (Å²) in [4.78, 5) is 12.1. The van der Waals surface area contributed by atoms with Gasteiger partial charge >= 0.3 is 6.18 Å². The summed E-state index contributed by atoms with van der Waals surface area (Å²) in [7, 11) is 0. The van der Waals surface area contributed by atoms with Crippen LogP contribution < -0.4 is 5.32 Å². The number of anilines is 1. The predicted octanol–water partition coefficient (Wildman–Crippen LogP) is 3.72. The van der Waals surface area contributed by atoms with Crippen molar-refractivity contribution in [2.24, 2.45) is 0 Å². The molecule has 0 aliphatic carbocycles. The molecule has 1 aromatic heterocycles. The summed E-state index contributed by atoms with van der Waals surface area (Å²) in [6.45, 7) is 1.96. The fourth-order valence-electron chi connectivity index (χ4n) is 2.22. The molecule has 140 valence electrons. The first kappa shape index (κ1) is 18.9. The Balaban J connectivity index is 1.64. The number of nitrogens with one attached hydrogen (secondary N) is 1. The van der Waals surface area contributed by atoms with Crippen LogP contribution in [0.4, 0.5) is 18.9 Å². The molecule has 3 aromatic rings. The molecule has 0 aliphatic heterocycles. The molecule has 10 heteroatoms. The van der Waals surface area contributed by atoms with E-state index in [4.69, 9.17) is 0 Å². The van der Waals surface area contributed by atoms with Gasteiger partial charge in [0.05, 0.1) is 17.0 Å². The number of thioether (sulfide) groups is 1. The maximum absolute atomic E-state index is 12.7. The number of tetrazole rings is 1. The van der Waals surface area contributed by atoms with E-state index < -0.39 is 17.6 Å². The maximum Gasteiger partial charge on any atom is 0.416 e. The standard InChI is InChI=1S/C17H14F3N5OS/c1-11-5-7-14(8-6-11)25-16(22-23-24-25)27-10-15(26)21-13-4-2-3-12(9-13)17(18,19)20/h2-9H,10H2,1H3,(H,21,26). The summed E-state index contributed by atoms with van der Waals surface area (Å²) in [6, 6.07) is 12.0. The largest absolute Gasteiger partial charge is 0.416 e. The van der Waals surface area contributed by atoms with Crippen LogP contribution in [0, 0.1) is 6.92 Å². The van der Waals surface area contributed by atoms with Crippen LogP contribution in [0.3, 0.4) is 0 Å².